The Hall–Kier alpha value is -5.83. The molecule has 15 fully saturated rings. The number of carbonyl (C=O) groups excluding carboxylic acids is 10. The molecule has 0 N–H and O–H groups in total. The molecule has 0 aromatic carbocycles. The van der Waals surface area contributed by atoms with Gasteiger partial charge in [0.2, 0.25) is 0 Å². The number of hydrogen-bond donors (Lipinski definition) is 0. The third-order valence-corrected chi connectivity index (χ3v) is 32.8. The Morgan fingerprint density at radius 3 is 0.820 bits per heavy atom. The molecule has 30 unspecified atom stereocenters. The fraction of sp³-hybridized carbons (Fsp3) is 0.855. The van der Waals surface area contributed by atoms with Gasteiger partial charge in [-0.2, -0.15) is 42.1 Å². The summed E-state index contributed by atoms with van der Waals surface area (Å²) in [5.41, 5.74) is 0. The highest BCUT2D eigenvalue weighted by Gasteiger charge is 2.71. The molecule has 0 radical (unpaired) electrons. The van der Waals surface area contributed by atoms with Crippen molar-refractivity contribution in [2.24, 2.45) is 65.1 Å². The Morgan fingerprint density at radius 1 is 0.297 bits per heavy atom. The standard InChI is InChI=1S/C15H22O7S.2C14H20O7S.2C13H18O8S/c1-3-8(2)15(17)20-5-4-12(16)21-13-9-6-10-11(7-9)23(18,19)22-14(10)13;2*1-3-7(2)14(16)19-6-11(15)20-12-8-4-9-10(5-8)22(17,18)21-13(9)12;2*1-3-6(2)13(15)18-5-9(14)20-10-7-4-8-11(19-7)12(10)21-22(8,16)17/h8-11,13-14H,3-7H2,1-2H3;2*7-10,12-13H,3-6H2,1-2H3;2*6-8,10-12H,3-5H2,1-2H3. The quantitative estimate of drug-likeness (QED) is 0.0676. The molecule has 9 saturated heterocycles. The maximum Gasteiger partial charge on any atom is 0.344 e. The second kappa shape index (κ2) is 34.2. The first-order valence-corrected chi connectivity index (χ1v) is 45.2. The highest BCUT2D eigenvalue weighted by atomic mass is 32.2. The Bertz CT molecular complexity index is 3730. The van der Waals surface area contributed by atoms with E-state index >= 15 is 0 Å². The van der Waals surface area contributed by atoms with E-state index in [1.807, 2.05) is 34.6 Å². The summed E-state index contributed by atoms with van der Waals surface area (Å²) in [4.78, 5) is 117. The normalized spacial score (nSPS) is 38.5. The van der Waals surface area contributed by atoms with Gasteiger partial charge >= 0.3 is 59.7 Å². The maximum absolute atomic E-state index is 11.9. The summed E-state index contributed by atoms with van der Waals surface area (Å²) in [6.07, 6.45) is -1.20. The number of carbonyl (C=O) groups is 10. The van der Waals surface area contributed by atoms with E-state index in [1.165, 1.54) is 0 Å². The zero-order chi connectivity index (χ0) is 81.0. The van der Waals surface area contributed by atoms with Crippen molar-refractivity contribution in [3.63, 3.8) is 0 Å². The van der Waals surface area contributed by atoms with Crippen molar-refractivity contribution in [3.05, 3.63) is 0 Å². The Kier molecular flexibility index (Phi) is 26.5. The van der Waals surface area contributed by atoms with E-state index in [2.05, 4.69) is 0 Å². The average Bonchev–Trinajstić information content (AvgIpc) is 1.59. The van der Waals surface area contributed by atoms with Crippen LogP contribution in [-0.2, 0) is 176 Å². The predicted octanol–water partition coefficient (Wildman–Crippen LogP) is 1.78. The van der Waals surface area contributed by atoms with E-state index in [1.54, 1.807) is 34.6 Å². The molecule has 30 atom stereocenters. The van der Waals surface area contributed by atoms with Crippen LogP contribution < -0.4 is 0 Å². The van der Waals surface area contributed by atoms with Crippen LogP contribution in [0.4, 0.5) is 0 Å². The van der Waals surface area contributed by atoms with Crippen LogP contribution in [-0.4, -0.2) is 247 Å². The first-order chi connectivity index (χ1) is 52.2. The van der Waals surface area contributed by atoms with E-state index in [0.29, 0.717) is 64.2 Å². The van der Waals surface area contributed by atoms with Crippen molar-refractivity contribution >= 4 is 110 Å². The zero-order valence-electron chi connectivity index (χ0n) is 62.9. The second-order valence-electron chi connectivity index (χ2n) is 31.1. The molecule has 9 heterocycles. The molecule has 6 aliphatic carbocycles. The number of esters is 10. The lowest BCUT2D eigenvalue weighted by molar-refractivity contribution is -0.168. The fourth-order valence-electron chi connectivity index (χ4n) is 17.1. The SMILES string of the molecule is CCC(C)C(=O)OCC(=O)OC1C2CC3C(O2)C1OS3(=O)=O.CCC(C)C(=O)OCC(=O)OC1C2CC3C(O2)C1OS3(=O)=O.CCC(C)C(=O)OCC(=O)OC1C2CC3C1OS(=O)(=O)C3C2.CCC(C)C(=O)OCC(=O)OC1C2CC3C1OS(=O)(=O)C3C2.CCC(C)C(=O)OCCC(=O)OC1C2CC3C1OS(=O)(=O)C3C2. The van der Waals surface area contributed by atoms with Gasteiger partial charge in [-0.15, -0.1) is 0 Å². The van der Waals surface area contributed by atoms with E-state index in [4.69, 9.17) is 77.8 Å². The Morgan fingerprint density at radius 2 is 0.541 bits per heavy atom. The molecule has 15 rings (SSSR count). The minimum absolute atomic E-state index is 0.0186. The lowest BCUT2D eigenvalue weighted by atomic mass is 9.94. The van der Waals surface area contributed by atoms with Gasteiger partial charge < -0.3 is 56.8 Å². The number of ether oxygens (including phenoxy) is 12. The van der Waals surface area contributed by atoms with Crippen LogP contribution in [0.15, 0.2) is 0 Å². The lowest BCUT2D eigenvalue weighted by Gasteiger charge is -2.24. The van der Waals surface area contributed by atoms with Gasteiger partial charge in [0.15, 0.2) is 38.6 Å². The summed E-state index contributed by atoms with van der Waals surface area (Å²) in [5, 5.41) is -2.65. The van der Waals surface area contributed by atoms with Crippen LogP contribution in [0.2, 0.25) is 0 Å². The van der Waals surface area contributed by atoms with Crippen LogP contribution in [0.1, 0.15) is 159 Å². The van der Waals surface area contributed by atoms with Crippen molar-refractivity contribution < 1.29 is 168 Å². The highest BCUT2D eigenvalue weighted by Crippen LogP contribution is 2.58. The van der Waals surface area contributed by atoms with Gasteiger partial charge in [0, 0.05) is 35.5 Å². The summed E-state index contributed by atoms with van der Waals surface area (Å²) in [5.74, 6) is -6.80. The number of fused-ring (bicyclic) bond motifs is 5. The first kappa shape index (κ1) is 86.0. The highest BCUT2D eigenvalue weighted by molar-refractivity contribution is 7.88. The van der Waals surface area contributed by atoms with Crippen LogP contribution in [0.3, 0.4) is 0 Å². The third-order valence-electron chi connectivity index (χ3n) is 24.1. The molecule has 0 spiro atoms. The van der Waals surface area contributed by atoms with Gasteiger partial charge in [0.1, 0.15) is 78.1 Å². The lowest BCUT2D eigenvalue weighted by Crippen LogP contribution is -2.42. The third kappa shape index (κ3) is 18.1. The molecule has 0 amide bonds. The maximum atomic E-state index is 11.9. The molecule has 111 heavy (non-hydrogen) atoms. The molecule has 37 nitrogen and oxygen atoms in total. The topological polar surface area (TPSA) is 498 Å². The van der Waals surface area contributed by atoms with Crippen molar-refractivity contribution in [3.8, 4) is 0 Å². The molecule has 9 aliphatic heterocycles. The Labute approximate surface area is 643 Å². The summed E-state index contributed by atoms with van der Waals surface area (Å²) < 4.78 is 205. The molecule has 10 bridgehead atoms. The minimum atomic E-state index is -3.64. The van der Waals surface area contributed by atoms with Gasteiger partial charge in [-0.1, -0.05) is 69.2 Å². The van der Waals surface area contributed by atoms with E-state index in [9.17, 15) is 90.0 Å². The van der Waals surface area contributed by atoms with Crippen molar-refractivity contribution in [1.29, 1.82) is 0 Å². The molecular weight excluding hydrogens is 1580 g/mol. The summed E-state index contributed by atoms with van der Waals surface area (Å²) >= 11 is 0. The molecule has 0 aromatic rings. The van der Waals surface area contributed by atoms with E-state index in [-0.39, 0.29) is 96.9 Å². The van der Waals surface area contributed by atoms with E-state index in [0.717, 1.165) is 6.42 Å². The van der Waals surface area contributed by atoms with Crippen LogP contribution in [0.5, 0.6) is 0 Å². The number of hydrogen-bond acceptors (Lipinski definition) is 37. The smallest absolute Gasteiger partial charge is 0.344 e. The summed E-state index contributed by atoms with van der Waals surface area (Å²) in [7, 11) is -17.8. The fourth-order valence-corrected chi connectivity index (χ4v) is 26.1. The molecule has 0 aromatic heterocycles. The summed E-state index contributed by atoms with van der Waals surface area (Å²) in [6, 6.07) is 0. The van der Waals surface area contributed by atoms with Crippen molar-refractivity contribution in [1.82, 2.24) is 0 Å². The predicted molar refractivity (Wildman–Crippen MR) is 369 cm³/mol. The number of rotatable bonds is 26. The van der Waals surface area contributed by atoms with Crippen molar-refractivity contribution in [2.45, 2.75) is 271 Å². The minimum Gasteiger partial charge on any atom is -0.465 e. The van der Waals surface area contributed by atoms with Crippen LogP contribution in [0, 0.1) is 65.1 Å². The largest absolute Gasteiger partial charge is 0.465 e. The Balaban J connectivity index is 0.000000137. The van der Waals surface area contributed by atoms with Crippen LogP contribution >= 0.6 is 0 Å². The molecule has 626 valence electrons. The molecule has 15 aliphatic rings. The van der Waals surface area contributed by atoms with Gasteiger partial charge in [0.25, 0.3) is 50.6 Å². The van der Waals surface area contributed by atoms with Crippen LogP contribution in [0.25, 0.3) is 0 Å². The molecular formula is C69H98O37S5. The average molecular weight is 1680 g/mol. The second-order valence-corrected chi connectivity index (χ2v) is 40.0. The first-order valence-electron chi connectivity index (χ1n) is 37.9. The molecule has 6 saturated carbocycles. The van der Waals surface area contributed by atoms with Gasteiger partial charge in [0.05, 0.1) is 64.0 Å². The zero-order valence-corrected chi connectivity index (χ0v) is 67.0. The van der Waals surface area contributed by atoms with E-state index < -0.39 is 242 Å². The van der Waals surface area contributed by atoms with Gasteiger partial charge in [-0.25, -0.2) is 19.2 Å². The van der Waals surface area contributed by atoms with Gasteiger partial charge in [-0.3, -0.25) is 49.7 Å². The van der Waals surface area contributed by atoms with Crippen molar-refractivity contribution in [2.75, 3.05) is 33.0 Å². The van der Waals surface area contributed by atoms with Gasteiger partial charge in [-0.05, 0) is 83.5 Å². The summed E-state index contributed by atoms with van der Waals surface area (Å²) in [6.45, 7) is 16.0. The monoisotopic (exact) mass is 1680 g/mol. The molecule has 42 heteroatoms.